The molecule has 1 aromatic carbocycles. The standard InChI is InChI=1S/C13H9Cl2N3/c1-18-7-17-11-4-8(2-3-12(11)18)9-5-13(15)16-6-10(9)14/h2-7H,1H3. The third-order valence-corrected chi connectivity index (χ3v) is 3.37. The highest BCUT2D eigenvalue weighted by atomic mass is 35.5. The van der Waals surface area contributed by atoms with Crippen molar-refractivity contribution in [3.05, 3.63) is 47.0 Å². The Morgan fingerprint density at radius 1 is 1.11 bits per heavy atom. The molecule has 0 amide bonds. The topological polar surface area (TPSA) is 30.7 Å². The largest absolute Gasteiger partial charge is 0.334 e. The van der Waals surface area contributed by atoms with Gasteiger partial charge in [-0.15, -0.1) is 0 Å². The molecule has 0 aliphatic heterocycles. The summed E-state index contributed by atoms with van der Waals surface area (Å²) in [5, 5.41) is 1.00. The zero-order valence-electron chi connectivity index (χ0n) is 9.56. The summed E-state index contributed by atoms with van der Waals surface area (Å²) >= 11 is 12.0. The van der Waals surface area contributed by atoms with Crippen molar-refractivity contribution in [1.82, 2.24) is 14.5 Å². The van der Waals surface area contributed by atoms with E-state index in [4.69, 9.17) is 23.2 Å². The average Bonchev–Trinajstić information content (AvgIpc) is 2.74. The van der Waals surface area contributed by atoms with Crippen LogP contribution >= 0.6 is 23.2 Å². The molecule has 0 atom stereocenters. The lowest BCUT2D eigenvalue weighted by Crippen LogP contribution is -1.85. The van der Waals surface area contributed by atoms with E-state index >= 15 is 0 Å². The van der Waals surface area contributed by atoms with Gasteiger partial charge in [0.05, 0.1) is 22.4 Å². The van der Waals surface area contributed by atoms with Crippen molar-refractivity contribution in [1.29, 1.82) is 0 Å². The summed E-state index contributed by atoms with van der Waals surface area (Å²) in [6.45, 7) is 0. The number of nitrogens with zero attached hydrogens (tertiary/aromatic N) is 3. The maximum Gasteiger partial charge on any atom is 0.129 e. The minimum absolute atomic E-state index is 0.426. The highest BCUT2D eigenvalue weighted by Gasteiger charge is 2.07. The minimum Gasteiger partial charge on any atom is -0.334 e. The molecule has 0 aliphatic rings. The normalized spacial score (nSPS) is 11.1. The van der Waals surface area contributed by atoms with Crippen molar-refractivity contribution in [3.8, 4) is 11.1 Å². The van der Waals surface area contributed by atoms with E-state index in [-0.39, 0.29) is 0 Å². The summed E-state index contributed by atoms with van der Waals surface area (Å²) in [6, 6.07) is 7.77. The van der Waals surface area contributed by atoms with Crippen LogP contribution in [0.3, 0.4) is 0 Å². The molecule has 3 aromatic rings. The number of hydrogen-bond acceptors (Lipinski definition) is 2. The molecule has 0 N–H and O–H groups in total. The van der Waals surface area contributed by atoms with E-state index < -0.39 is 0 Å². The zero-order chi connectivity index (χ0) is 12.7. The third-order valence-electron chi connectivity index (χ3n) is 2.86. The Hall–Kier alpha value is -1.58. The molecule has 0 aliphatic carbocycles. The summed E-state index contributed by atoms with van der Waals surface area (Å²) in [4.78, 5) is 8.27. The highest BCUT2D eigenvalue weighted by molar-refractivity contribution is 6.34. The number of benzene rings is 1. The van der Waals surface area contributed by atoms with Gasteiger partial charge < -0.3 is 4.57 Å². The molecule has 2 heterocycles. The molecule has 2 aromatic heterocycles. The van der Waals surface area contributed by atoms with Gasteiger partial charge in [0.1, 0.15) is 5.15 Å². The molecule has 90 valence electrons. The average molecular weight is 278 g/mol. The van der Waals surface area contributed by atoms with Gasteiger partial charge in [0, 0.05) is 18.8 Å². The molecule has 0 radical (unpaired) electrons. The van der Waals surface area contributed by atoms with Gasteiger partial charge in [0.2, 0.25) is 0 Å². The van der Waals surface area contributed by atoms with Gasteiger partial charge in [-0.05, 0) is 23.8 Å². The lowest BCUT2D eigenvalue weighted by atomic mass is 10.1. The van der Waals surface area contributed by atoms with Crippen LogP contribution in [0.5, 0.6) is 0 Å². The molecule has 18 heavy (non-hydrogen) atoms. The monoisotopic (exact) mass is 277 g/mol. The first-order valence-electron chi connectivity index (χ1n) is 5.37. The van der Waals surface area contributed by atoms with E-state index in [1.807, 2.05) is 29.8 Å². The van der Waals surface area contributed by atoms with Crippen molar-refractivity contribution in [2.45, 2.75) is 0 Å². The number of aromatic nitrogens is 3. The Morgan fingerprint density at radius 2 is 1.94 bits per heavy atom. The quantitative estimate of drug-likeness (QED) is 0.631. The summed E-state index contributed by atoms with van der Waals surface area (Å²) in [5.74, 6) is 0. The first-order valence-corrected chi connectivity index (χ1v) is 6.13. The zero-order valence-corrected chi connectivity index (χ0v) is 11.1. The maximum atomic E-state index is 6.14. The minimum atomic E-state index is 0.426. The van der Waals surface area contributed by atoms with Crippen LogP contribution in [0.15, 0.2) is 36.8 Å². The smallest absolute Gasteiger partial charge is 0.129 e. The van der Waals surface area contributed by atoms with E-state index in [1.165, 1.54) is 0 Å². The molecular weight excluding hydrogens is 269 g/mol. The second-order valence-electron chi connectivity index (χ2n) is 4.05. The van der Waals surface area contributed by atoms with Crippen molar-refractivity contribution < 1.29 is 0 Å². The maximum absolute atomic E-state index is 6.14. The van der Waals surface area contributed by atoms with Gasteiger partial charge in [-0.25, -0.2) is 9.97 Å². The van der Waals surface area contributed by atoms with Crippen molar-refractivity contribution >= 4 is 34.2 Å². The Kier molecular flexibility index (Phi) is 2.73. The predicted molar refractivity (Wildman–Crippen MR) is 74.0 cm³/mol. The SMILES string of the molecule is Cn1cnc2cc(-c3cc(Cl)ncc3Cl)ccc21. The number of aryl methyl sites for hydroxylation is 1. The summed E-state index contributed by atoms with van der Waals surface area (Å²) in [6.07, 6.45) is 3.34. The van der Waals surface area contributed by atoms with E-state index in [9.17, 15) is 0 Å². The van der Waals surface area contributed by atoms with Gasteiger partial charge in [0.15, 0.2) is 0 Å². The number of imidazole rings is 1. The van der Waals surface area contributed by atoms with Crippen LogP contribution in [0.1, 0.15) is 0 Å². The van der Waals surface area contributed by atoms with Gasteiger partial charge in [0.25, 0.3) is 0 Å². The molecule has 0 saturated heterocycles. The van der Waals surface area contributed by atoms with Crippen LogP contribution in [-0.4, -0.2) is 14.5 Å². The van der Waals surface area contributed by atoms with Crippen LogP contribution in [0, 0.1) is 0 Å². The molecule has 0 spiro atoms. The van der Waals surface area contributed by atoms with E-state index in [1.54, 1.807) is 18.6 Å². The van der Waals surface area contributed by atoms with Crippen molar-refractivity contribution in [2.24, 2.45) is 7.05 Å². The van der Waals surface area contributed by atoms with Gasteiger partial charge in [-0.3, -0.25) is 0 Å². The lowest BCUT2D eigenvalue weighted by Gasteiger charge is -2.05. The van der Waals surface area contributed by atoms with Gasteiger partial charge in [-0.1, -0.05) is 29.3 Å². The third kappa shape index (κ3) is 1.85. The first kappa shape index (κ1) is 11.5. The number of halogens is 2. The Balaban J connectivity index is 2.22. The molecule has 5 heteroatoms. The van der Waals surface area contributed by atoms with Crippen molar-refractivity contribution in [3.63, 3.8) is 0 Å². The van der Waals surface area contributed by atoms with Gasteiger partial charge >= 0.3 is 0 Å². The second-order valence-corrected chi connectivity index (χ2v) is 4.84. The van der Waals surface area contributed by atoms with Crippen molar-refractivity contribution in [2.75, 3.05) is 0 Å². The van der Waals surface area contributed by atoms with E-state index in [2.05, 4.69) is 9.97 Å². The number of fused-ring (bicyclic) bond motifs is 1. The number of pyridine rings is 1. The predicted octanol–water partition coefficient (Wildman–Crippen LogP) is 3.94. The molecule has 0 unspecified atom stereocenters. The molecule has 0 saturated carbocycles. The van der Waals surface area contributed by atoms with E-state index in [0.717, 1.165) is 22.2 Å². The fraction of sp³-hybridized carbons (Fsp3) is 0.0769. The Morgan fingerprint density at radius 3 is 2.78 bits per heavy atom. The van der Waals surface area contributed by atoms with Crippen LogP contribution in [0.4, 0.5) is 0 Å². The Labute approximate surface area is 114 Å². The summed E-state index contributed by atoms with van der Waals surface area (Å²) in [7, 11) is 1.96. The highest BCUT2D eigenvalue weighted by Crippen LogP contribution is 2.30. The van der Waals surface area contributed by atoms with Crippen LogP contribution in [0.2, 0.25) is 10.2 Å². The van der Waals surface area contributed by atoms with Gasteiger partial charge in [-0.2, -0.15) is 0 Å². The Bertz CT molecular complexity index is 734. The molecule has 0 bridgehead atoms. The first-order chi connectivity index (χ1) is 8.65. The van der Waals surface area contributed by atoms with Crippen LogP contribution in [-0.2, 0) is 7.05 Å². The number of rotatable bonds is 1. The molecular formula is C13H9Cl2N3. The van der Waals surface area contributed by atoms with Crippen LogP contribution in [0.25, 0.3) is 22.2 Å². The lowest BCUT2D eigenvalue weighted by molar-refractivity contribution is 0.948. The molecule has 0 fully saturated rings. The summed E-state index contributed by atoms with van der Waals surface area (Å²) in [5.41, 5.74) is 3.86. The fourth-order valence-electron chi connectivity index (χ4n) is 1.94. The fourth-order valence-corrected chi connectivity index (χ4v) is 2.31. The van der Waals surface area contributed by atoms with E-state index in [0.29, 0.717) is 10.2 Å². The molecule has 3 nitrogen and oxygen atoms in total. The summed E-state index contributed by atoms with van der Waals surface area (Å²) < 4.78 is 1.97. The number of hydrogen-bond donors (Lipinski definition) is 0. The second kappa shape index (κ2) is 4.26. The molecule has 3 rings (SSSR count). The van der Waals surface area contributed by atoms with Crippen LogP contribution < -0.4 is 0 Å².